The predicted molar refractivity (Wildman–Crippen MR) is 94.5 cm³/mol. The van der Waals surface area contributed by atoms with Gasteiger partial charge in [0, 0.05) is 23.8 Å². The third-order valence-electron chi connectivity index (χ3n) is 3.80. The summed E-state index contributed by atoms with van der Waals surface area (Å²) in [7, 11) is 0. The van der Waals surface area contributed by atoms with Gasteiger partial charge < -0.3 is 0 Å². The van der Waals surface area contributed by atoms with Gasteiger partial charge in [-0.25, -0.2) is 8.78 Å². The number of thioether (sulfide) groups is 1. The Hall–Kier alpha value is -3.00. The molecule has 2 aromatic carbocycles. The number of nitrogens with zero attached hydrogens (tertiary/aromatic N) is 4. The number of hydrogen-bond donors (Lipinski definition) is 0. The van der Waals surface area contributed by atoms with Gasteiger partial charge in [-0.3, -0.25) is 13.8 Å². The SMILES string of the molecule is O=c1c2nnc(SCc3cccc(F)c3)n2ccn1-c1ccc(F)cc1. The lowest BCUT2D eigenvalue weighted by Gasteiger charge is -2.06. The highest BCUT2D eigenvalue weighted by molar-refractivity contribution is 7.98. The van der Waals surface area contributed by atoms with Crippen molar-refractivity contribution in [2.45, 2.75) is 10.9 Å². The Balaban J connectivity index is 1.65. The Morgan fingerprint density at radius 3 is 2.54 bits per heavy atom. The van der Waals surface area contributed by atoms with E-state index in [9.17, 15) is 13.6 Å². The molecule has 8 heteroatoms. The fraction of sp³-hybridized carbons (Fsp3) is 0.0556. The first-order valence-corrected chi connectivity index (χ1v) is 8.70. The third-order valence-corrected chi connectivity index (χ3v) is 4.82. The number of aromatic nitrogens is 4. The van der Waals surface area contributed by atoms with Crippen LogP contribution in [0.25, 0.3) is 11.3 Å². The molecule has 0 saturated carbocycles. The molecule has 2 heterocycles. The highest BCUT2D eigenvalue weighted by Crippen LogP contribution is 2.21. The second-order valence-corrected chi connectivity index (χ2v) is 6.49. The van der Waals surface area contributed by atoms with Crippen molar-refractivity contribution in [1.82, 2.24) is 19.2 Å². The van der Waals surface area contributed by atoms with E-state index in [1.54, 1.807) is 22.9 Å². The molecule has 0 spiro atoms. The third kappa shape index (κ3) is 3.11. The van der Waals surface area contributed by atoms with Gasteiger partial charge in [-0.1, -0.05) is 23.9 Å². The summed E-state index contributed by atoms with van der Waals surface area (Å²) in [5.41, 5.74) is 1.16. The summed E-state index contributed by atoms with van der Waals surface area (Å²) in [6, 6.07) is 11.9. The molecule has 0 atom stereocenters. The van der Waals surface area contributed by atoms with Gasteiger partial charge in [-0.05, 0) is 42.0 Å². The van der Waals surface area contributed by atoms with Crippen molar-refractivity contribution >= 4 is 17.4 Å². The monoisotopic (exact) mass is 370 g/mol. The molecule has 0 fully saturated rings. The molecule has 0 aliphatic heterocycles. The lowest BCUT2D eigenvalue weighted by atomic mass is 10.2. The van der Waals surface area contributed by atoms with Crippen LogP contribution in [-0.2, 0) is 5.75 Å². The van der Waals surface area contributed by atoms with Crippen LogP contribution in [-0.4, -0.2) is 19.2 Å². The topological polar surface area (TPSA) is 52.2 Å². The van der Waals surface area contributed by atoms with Crippen LogP contribution in [0.15, 0.2) is 70.9 Å². The maximum Gasteiger partial charge on any atom is 0.300 e. The summed E-state index contributed by atoms with van der Waals surface area (Å²) in [6.45, 7) is 0. The average molecular weight is 370 g/mol. The molecule has 0 bridgehead atoms. The number of fused-ring (bicyclic) bond motifs is 1. The summed E-state index contributed by atoms with van der Waals surface area (Å²) in [5.74, 6) is -0.169. The van der Waals surface area contributed by atoms with E-state index >= 15 is 0 Å². The van der Waals surface area contributed by atoms with E-state index in [2.05, 4.69) is 10.2 Å². The minimum absolute atomic E-state index is 0.165. The highest BCUT2D eigenvalue weighted by Gasteiger charge is 2.12. The van der Waals surface area contributed by atoms with Crippen molar-refractivity contribution in [1.29, 1.82) is 0 Å². The van der Waals surface area contributed by atoms with Crippen LogP contribution in [0.3, 0.4) is 0 Å². The quantitative estimate of drug-likeness (QED) is 0.517. The van der Waals surface area contributed by atoms with Gasteiger partial charge in [0.05, 0.1) is 0 Å². The lowest BCUT2D eigenvalue weighted by Crippen LogP contribution is -2.20. The number of benzene rings is 2. The first-order chi connectivity index (χ1) is 12.6. The van der Waals surface area contributed by atoms with Crippen molar-refractivity contribution in [3.8, 4) is 5.69 Å². The van der Waals surface area contributed by atoms with Crippen LogP contribution in [0.4, 0.5) is 8.78 Å². The first-order valence-electron chi connectivity index (χ1n) is 7.71. The number of rotatable bonds is 4. The van der Waals surface area contributed by atoms with Crippen LogP contribution < -0.4 is 5.56 Å². The normalized spacial score (nSPS) is 11.2. The maximum atomic E-state index is 13.3. The van der Waals surface area contributed by atoms with Crippen molar-refractivity contribution < 1.29 is 8.78 Å². The molecule has 4 rings (SSSR count). The molecule has 130 valence electrons. The summed E-state index contributed by atoms with van der Waals surface area (Å²) in [4.78, 5) is 12.6. The smallest absolute Gasteiger partial charge is 0.280 e. The molecule has 4 aromatic rings. The minimum Gasteiger partial charge on any atom is -0.280 e. The van der Waals surface area contributed by atoms with Gasteiger partial charge in [-0.15, -0.1) is 10.2 Å². The second-order valence-electron chi connectivity index (χ2n) is 5.54. The molecule has 0 amide bonds. The van der Waals surface area contributed by atoms with Gasteiger partial charge in [0.25, 0.3) is 0 Å². The summed E-state index contributed by atoms with van der Waals surface area (Å²) in [6.07, 6.45) is 3.26. The molecule has 5 nitrogen and oxygen atoms in total. The number of hydrogen-bond acceptors (Lipinski definition) is 4. The highest BCUT2D eigenvalue weighted by atomic mass is 32.2. The van der Waals surface area contributed by atoms with Crippen molar-refractivity contribution in [2.75, 3.05) is 0 Å². The minimum atomic E-state index is -0.374. The van der Waals surface area contributed by atoms with Crippen LogP contribution >= 0.6 is 11.8 Å². The van der Waals surface area contributed by atoms with Crippen molar-refractivity contribution in [2.24, 2.45) is 0 Å². The lowest BCUT2D eigenvalue weighted by molar-refractivity contribution is 0.626. The Bertz CT molecular complexity index is 1140. The van der Waals surface area contributed by atoms with E-state index < -0.39 is 0 Å². The molecule has 0 radical (unpaired) electrons. The van der Waals surface area contributed by atoms with Crippen molar-refractivity contribution in [3.63, 3.8) is 0 Å². The van der Waals surface area contributed by atoms with E-state index in [0.29, 0.717) is 16.6 Å². The van der Waals surface area contributed by atoms with E-state index in [1.165, 1.54) is 52.7 Å². The zero-order valence-corrected chi connectivity index (χ0v) is 14.2. The molecular formula is C18H12F2N4OS. The van der Waals surface area contributed by atoms with Crippen LogP contribution in [0.2, 0.25) is 0 Å². The summed E-state index contributed by atoms with van der Waals surface area (Å²) in [5, 5.41) is 8.55. The molecule has 0 saturated heterocycles. The van der Waals surface area contributed by atoms with Crippen LogP contribution in [0.1, 0.15) is 5.56 Å². The largest absolute Gasteiger partial charge is 0.300 e. The summed E-state index contributed by atoms with van der Waals surface area (Å²) < 4.78 is 29.3. The van der Waals surface area contributed by atoms with Crippen LogP contribution in [0, 0.1) is 11.6 Å². The van der Waals surface area contributed by atoms with Crippen molar-refractivity contribution in [3.05, 3.63) is 88.5 Å². The van der Waals surface area contributed by atoms with Gasteiger partial charge in [0.1, 0.15) is 11.6 Å². The molecule has 0 aliphatic carbocycles. The standard InChI is InChI=1S/C18H12F2N4OS/c19-13-4-6-15(7-5-13)23-8-9-24-16(17(23)25)21-22-18(24)26-11-12-2-1-3-14(20)10-12/h1-10H,11H2. The fourth-order valence-electron chi connectivity index (χ4n) is 2.54. The summed E-state index contributed by atoms with van der Waals surface area (Å²) >= 11 is 1.36. The van der Waals surface area contributed by atoms with E-state index in [0.717, 1.165) is 5.56 Å². The second kappa shape index (κ2) is 6.72. The van der Waals surface area contributed by atoms with Gasteiger partial charge >= 0.3 is 5.56 Å². The molecule has 0 unspecified atom stereocenters. The molecule has 26 heavy (non-hydrogen) atoms. The Morgan fingerprint density at radius 1 is 0.962 bits per heavy atom. The maximum absolute atomic E-state index is 13.3. The fourth-order valence-corrected chi connectivity index (χ4v) is 3.40. The molecule has 2 aromatic heterocycles. The predicted octanol–water partition coefficient (Wildman–Crippen LogP) is 3.45. The van der Waals surface area contributed by atoms with Crippen LogP contribution in [0.5, 0.6) is 0 Å². The Labute approximate surface area is 150 Å². The number of halogens is 2. The van der Waals surface area contributed by atoms with E-state index in [-0.39, 0.29) is 22.8 Å². The average Bonchev–Trinajstić information content (AvgIpc) is 3.05. The van der Waals surface area contributed by atoms with Gasteiger partial charge in [-0.2, -0.15) is 0 Å². The van der Waals surface area contributed by atoms with Gasteiger partial charge in [0.2, 0.25) is 5.65 Å². The Kier molecular flexibility index (Phi) is 4.26. The zero-order valence-electron chi connectivity index (χ0n) is 13.3. The van der Waals surface area contributed by atoms with E-state index in [4.69, 9.17) is 0 Å². The first kappa shape index (κ1) is 16.5. The van der Waals surface area contributed by atoms with Gasteiger partial charge in [0.15, 0.2) is 5.16 Å². The zero-order chi connectivity index (χ0) is 18.1. The Morgan fingerprint density at radius 2 is 1.77 bits per heavy atom. The molecular weight excluding hydrogens is 358 g/mol. The molecule has 0 N–H and O–H groups in total. The molecule has 0 aliphatic rings. The van der Waals surface area contributed by atoms with E-state index in [1.807, 2.05) is 6.07 Å².